The number of ether oxygens (including phenoxy) is 1. The van der Waals surface area contributed by atoms with Gasteiger partial charge in [-0.05, 0) is 11.1 Å². The van der Waals surface area contributed by atoms with Gasteiger partial charge in [0.05, 0.1) is 13.0 Å². The van der Waals surface area contributed by atoms with Crippen molar-refractivity contribution in [3.63, 3.8) is 0 Å². The van der Waals surface area contributed by atoms with Crippen LogP contribution in [0, 0.1) is 0 Å². The summed E-state index contributed by atoms with van der Waals surface area (Å²) < 4.78 is 4.76. The Kier molecular flexibility index (Phi) is 7.70. The predicted molar refractivity (Wildman–Crippen MR) is 102 cm³/mol. The summed E-state index contributed by atoms with van der Waals surface area (Å²) in [5.41, 5.74) is 1.91. The van der Waals surface area contributed by atoms with Gasteiger partial charge in [-0.1, -0.05) is 60.7 Å². The number of ketones is 1. The van der Waals surface area contributed by atoms with Gasteiger partial charge in [-0.3, -0.25) is 9.59 Å². The molecule has 0 aliphatic heterocycles. The number of Topliss-reactive ketones (excluding diaryl/α,β-unsaturated/α-hetero) is 1. The fourth-order valence-electron chi connectivity index (χ4n) is 2.65. The van der Waals surface area contributed by atoms with E-state index in [-0.39, 0.29) is 17.7 Å². The first-order valence-electron chi connectivity index (χ1n) is 8.19. The molecule has 0 fully saturated rings. The van der Waals surface area contributed by atoms with Crippen LogP contribution in [0.1, 0.15) is 17.0 Å². The van der Waals surface area contributed by atoms with E-state index in [0.29, 0.717) is 18.7 Å². The van der Waals surface area contributed by atoms with E-state index in [4.69, 9.17) is 4.74 Å². The van der Waals surface area contributed by atoms with Crippen molar-refractivity contribution in [2.75, 3.05) is 19.4 Å². The number of hydrogen-bond acceptors (Lipinski definition) is 5. The summed E-state index contributed by atoms with van der Waals surface area (Å²) in [4.78, 5) is 24.6. The molecule has 1 unspecified atom stereocenters. The molecule has 0 spiro atoms. The van der Waals surface area contributed by atoms with Crippen LogP contribution in [0.3, 0.4) is 0 Å². The summed E-state index contributed by atoms with van der Waals surface area (Å²) in [6, 6.07) is 18.7. The summed E-state index contributed by atoms with van der Waals surface area (Å²) in [6.07, 6.45) is 0.353. The Balaban J connectivity index is 2.13. The molecule has 2 rings (SSSR count). The van der Waals surface area contributed by atoms with Crippen molar-refractivity contribution in [2.45, 2.75) is 18.4 Å². The van der Waals surface area contributed by atoms with Gasteiger partial charge in [0.15, 0.2) is 0 Å². The second-order valence-corrected chi connectivity index (χ2v) is 6.12. The highest BCUT2D eigenvalue weighted by Crippen LogP contribution is 2.19. The van der Waals surface area contributed by atoms with Crippen molar-refractivity contribution in [1.29, 1.82) is 0 Å². The van der Waals surface area contributed by atoms with Gasteiger partial charge in [0.25, 0.3) is 0 Å². The molecule has 4 nitrogen and oxygen atoms in total. The minimum Gasteiger partial charge on any atom is -0.468 e. The highest BCUT2D eigenvalue weighted by atomic mass is 32.1. The number of nitrogens with one attached hydrogen (secondary N) is 1. The van der Waals surface area contributed by atoms with E-state index < -0.39 is 6.04 Å². The fraction of sp³-hybridized carbons (Fsp3) is 0.300. The number of carbonyl (C=O) groups excluding carboxylic acids is 2. The van der Waals surface area contributed by atoms with E-state index in [2.05, 4.69) is 17.9 Å². The molecule has 2 atom stereocenters. The maximum absolute atomic E-state index is 12.9. The molecule has 0 radical (unpaired) electrons. The molecule has 0 saturated heterocycles. The SMILES string of the molecule is COC(=O)[C@H](CS)NCC(C(=O)Cc1ccccc1)c1ccccc1. The second kappa shape index (κ2) is 10.0. The Bertz CT molecular complexity index is 676. The third kappa shape index (κ3) is 5.73. The average Bonchev–Trinajstić information content (AvgIpc) is 2.66. The lowest BCUT2D eigenvalue weighted by atomic mass is 9.90. The van der Waals surface area contributed by atoms with Crippen LogP contribution in [0.25, 0.3) is 0 Å². The van der Waals surface area contributed by atoms with Crippen LogP contribution in [-0.4, -0.2) is 37.2 Å². The summed E-state index contributed by atoms with van der Waals surface area (Å²) in [5.74, 6) is -0.306. The third-order valence-electron chi connectivity index (χ3n) is 4.05. The van der Waals surface area contributed by atoms with Gasteiger partial charge >= 0.3 is 5.97 Å². The Hall–Kier alpha value is -2.11. The molecule has 132 valence electrons. The molecule has 2 aromatic carbocycles. The molecule has 5 heteroatoms. The smallest absolute Gasteiger partial charge is 0.323 e. The highest BCUT2D eigenvalue weighted by Gasteiger charge is 2.24. The Morgan fingerprint density at radius 1 is 1.04 bits per heavy atom. The highest BCUT2D eigenvalue weighted by molar-refractivity contribution is 7.80. The van der Waals surface area contributed by atoms with Crippen molar-refractivity contribution in [1.82, 2.24) is 5.32 Å². The zero-order valence-corrected chi connectivity index (χ0v) is 15.1. The lowest BCUT2D eigenvalue weighted by Crippen LogP contribution is -2.42. The van der Waals surface area contributed by atoms with Gasteiger partial charge in [-0.15, -0.1) is 0 Å². The minimum atomic E-state index is -0.538. The Labute approximate surface area is 154 Å². The molecule has 0 amide bonds. The van der Waals surface area contributed by atoms with E-state index >= 15 is 0 Å². The average molecular weight is 357 g/mol. The zero-order valence-electron chi connectivity index (χ0n) is 14.2. The van der Waals surface area contributed by atoms with Gasteiger partial charge in [-0.25, -0.2) is 0 Å². The Morgan fingerprint density at radius 3 is 2.20 bits per heavy atom. The molecular formula is C20H23NO3S. The first kappa shape index (κ1) is 19.2. The van der Waals surface area contributed by atoms with Crippen LogP contribution in [-0.2, 0) is 20.7 Å². The number of rotatable bonds is 9. The second-order valence-electron chi connectivity index (χ2n) is 5.76. The fourth-order valence-corrected chi connectivity index (χ4v) is 2.93. The van der Waals surface area contributed by atoms with Crippen molar-refractivity contribution in [3.8, 4) is 0 Å². The molecule has 0 aromatic heterocycles. The van der Waals surface area contributed by atoms with E-state index in [1.54, 1.807) is 0 Å². The van der Waals surface area contributed by atoms with Crippen molar-refractivity contribution < 1.29 is 14.3 Å². The predicted octanol–water partition coefficient (Wildman–Crippen LogP) is 2.64. The van der Waals surface area contributed by atoms with Gasteiger partial charge < -0.3 is 10.1 Å². The van der Waals surface area contributed by atoms with Gasteiger partial charge in [-0.2, -0.15) is 12.6 Å². The number of hydrogen-bond donors (Lipinski definition) is 2. The van der Waals surface area contributed by atoms with Crippen LogP contribution >= 0.6 is 12.6 Å². The number of benzene rings is 2. The molecule has 0 aliphatic carbocycles. The van der Waals surface area contributed by atoms with Gasteiger partial charge in [0, 0.05) is 18.7 Å². The standard InChI is InChI=1S/C20H23NO3S/c1-24-20(23)18(14-25)21-13-17(16-10-6-3-7-11-16)19(22)12-15-8-4-2-5-9-15/h2-11,17-18,21,25H,12-14H2,1H3/t17?,18-/m0/s1. The van der Waals surface area contributed by atoms with E-state index in [0.717, 1.165) is 11.1 Å². The summed E-state index contributed by atoms with van der Waals surface area (Å²) in [5, 5.41) is 3.11. The monoisotopic (exact) mass is 357 g/mol. The van der Waals surface area contributed by atoms with E-state index in [1.807, 2.05) is 60.7 Å². The summed E-state index contributed by atoms with van der Waals surface area (Å²) >= 11 is 4.18. The largest absolute Gasteiger partial charge is 0.468 e. The van der Waals surface area contributed by atoms with Crippen LogP contribution in [0.15, 0.2) is 60.7 Å². The topological polar surface area (TPSA) is 55.4 Å². The third-order valence-corrected chi connectivity index (χ3v) is 4.41. The summed E-state index contributed by atoms with van der Waals surface area (Å²) in [7, 11) is 1.34. The minimum absolute atomic E-state index is 0.104. The van der Waals surface area contributed by atoms with E-state index in [1.165, 1.54) is 7.11 Å². The van der Waals surface area contributed by atoms with Crippen LogP contribution in [0.2, 0.25) is 0 Å². The van der Waals surface area contributed by atoms with Gasteiger partial charge in [0.2, 0.25) is 0 Å². The van der Waals surface area contributed by atoms with Crippen molar-refractivity contribution in [2.24, 2.45) is 0 Å². The van der Waals surface area contributed by atoms with Gasteiger partial charge in [0.1, 0.15) is 11.8 Å². The molecule has 0 aliphatic rings. The molecule has 0 saturated carbocycles. The first-order chi connectivity index (χ1) is 12.2. The Morgan fingerprint density at radius 2 is 1.64 bits per heavy atom. The molecule has 0 heterocycles. The van der Waals surface area contributed by atoms with E-state index in [9.17, 15) is 9.59 Å². The zero-order chi connectivity index (χ0) is 18.1. The van der Waals surface area contributed by atoms with Crippen molar-refractivity contribution >= 4 is 24.4 Å². The van der Waals surface area contributed by atoms with Crippen LogP contribution in [0.4, 0.5) is 0 Å². The molecule has 0 bridgehead atoms. The maximum Gasteiger partial charge on any atom is 0.323 e. The summed E-state index contributed by atoms with van der Waals surface area (Å²) in [6.45, 7) is 0.357. The number of thiol groups is 1. The molecule has 25 heavy (non-hydrogen) atoms. The lowest BCUT2D eigenvalue weighted by molar-refractivity contribution is -0.142. The lowest BCUT2D eigenvalue weighted by Gasteiger charge is -2.20. The van der Waals surface area contributed by atoms with Crippen molar-refractivity contribution in [3.05, 3.63) is 71.8 Å². The number of esters is 1. The molecular weight excluding hydrogens is 334 g/mol. The van der Waals surface area contributed by atoms with Crippen LogP contribution < -0.4 is 5.32 Å². The number of methoxy groups -OCH3 is 1. The number of carbonyl (C=O) groups is 2. The first-order valence-corrected chi connectivity index (χ1v) is 8.82. The normalized spacial score (nSPS) is 13.0. The van der Waals surface area contributed by atoms with Crippen LogP contribution in [0.5, 0.6) is 0 Å². The molecule has 1 N–H and O–H groups in total. The maximum atomic E-state index is 12.9. The quantitative estimate of drug-likeness (QED) is 0.535. The molecule has 2 aromatic rings.